The molecule has 0 bridgehead atoms. The van der Waals surface area contributed by atoms with Crippen molar-refractivity contribution in [3.8, 4) is 5.75 Å². The number of hydrogen-bond donors (Lipinski definition) is 1. The van der Waals surface area contributed by atoms with Crippen molar-refractivity contribution in [3.05, 3.63) is 75.9 Å². The van der Waals surface area contributed by atoms with E-state index in [1.165, 1.54) is 15.3 Å². The second kappa shape index (κ2) is 11.4. The molecule has 0 saturated heterocycles. The lowest BCUT2D eigenvalue weighted by molar-refractivity contribution is -0.135. The molecule has 4 rings (SSSR count). The number of amides is 3. The van der Waals surface area contributed by atoms with Crippen LogP contribution in [0, 0.1) is 0 Å². The van der Waals surface area contributed by atoms with Crippen LogP contribution in [0.15, 0.2) is 58.5 Å². The van der Waals surface area contributed by atoms with E-state index in [1.54, 1.807) is 29.7 Å². The Hall–Kier alpha value is -3.26. The summed E-state index contributed by atoms with van der Waals surface area (Å²) in [4.78, 5) is 30.9. The zero-order chi connectivity index (χ0) is 24.8. The molecule has 0 aliphatic carbocycles. The van der Waals surface area contributed by atoms with E-state index >= 15 is 0 Å². The first-order valence-electron chi connectivity index (χ1n) is 12.1. The first-order valence-corrected chi connectivity index (χ1v) is 13.0. The lowest BCUT2D eigenvalue weighted by atomic mass is 10.00. The number of thiophene rings is 1. The quantitative estimate of drug-likeness (QED) is 0.443. The zero-order valence-electron chi connectivity index (χ0n) is 20.5. The first kappa shape index (κ1) is 24.9. The number of urea groups is 1. The van der Waals surface area contributed by atoms with Crippen molar-refractivity contribution in [2.24, 2.45) is 0 Å². The summed E-state index contributed by atoms with van der Waals surface area (Å²) >= 11 is 1.72. The maximum atomic E-state index is 13.5. The molecule has 7 nitrogen and oxygen atoms in total. The molecule has 3 amide bonds. The minimum Gasteiger partial charge on any atom is -0.491 e. The Labute approximate surface area is 210 Å². The highest BCUT2D eigenvalue weighted by molar-refractivity contribution is 7.10. The van der Waals surface area contributed by atoms with E-state index in [2.05, 4.69) is 42.7 Å². The van der Waals surface area contributed by atoms with Crippen molar-refractivity contribution in [1.29, 1.82) is 0 Å². The third-order valence-electron chi connectivity index (χ3n) is 6.24. The van der Waals surface area contributed by atoms with E-state index in [4.69, 9.17) is 9.15 Å². The van der Waals surface area contributed by atoms with Crippen LogP contribution in [0.2, 0.25) is 0 Å². The number of hydrogen-bond acceptors (Lipinski definition) is 5. The average Bonchev–Trinajstić information content (AvgIpc) is 3.54. The predicted octanol–water partition coefficient (Wildman–Crippen LogP) is 5.20. The Morgan fingerprint density at radius 1 is 1.23 bits per heavy atom. The van der Waals surface area contributed by atoms with E-state index in [0.29, 0.717) is 31.4 Å². The first-order chi connectivity index (χ1) is 17.0. The van der Waals surface area contributed by atoms with Crippen LogP contribution in [0.4, 0.5) is 4.79 Å². The van der Waals surface area contributed by atoms with Crippen LogP contribution in [0.3, 0.4) is 0 Å². The highest BCUT2D eigenvalue weighted by Crippen LogP contribution is 2.34. The van der Waals surface area contributed by atoms with Gasteiger partial charge in [-0.25, -0.2) is 4.79 Å². The van der Waals surface area contributed by atoms with Crippen molar-refractivity contribution in [2.75, 3.05) is 26.2 Å². The van der Waals surface area contributed by atoms with Crippen LogP contribution >= 0.6 is 11.3 Å². The van der Waals surface area contributed by atoms with E-state index < -0.39 is 0 Å². The fourth-order valence-electron chi connectivity index (χ4n) is 4.31. The molecule has 2 aromatic heterocycles. The minimum absolute atomic E-state index is 0.0361. The van der Waals surface area contributed by atoms with Crippen molar-refractivity contribution in [3.63, 3.8) is 0 Å². The molecule has 0 spiro atoms. The van der Waals surface area contributed by atoms with Gasteiger partial charge in [0.15, 0.2) is 0 Å². The molecule has 0 saturated carbocycles. The molecule has 1 aliphatic rings. The maximum absolute atomic E-state index is 13.5. The summed E-state index contributed by atoms with van der Waals surface area (Å²) in [5.41, 5.74) is 2.39. The van der Waals surface area contributed by atoms with Gasteiger partial charge in [-0.1, -0.05) is 26.0 Å². The number of carbonyl (C=O) groups excluding carboxylic acids is 2. The molecule has 0 radical (unpaired) electrons. The normalized spacial score (nSPS) is 15.1. The third-order valence-corrected chi connectivity index (χ3v) is 7.23. The van der Waals surface area contributed by atoms with Gasteiger partial charge in [-0.2, -0.15) is 0 Å². The summed E-state index contributed by atoms with van der Waals surface area (Å²) in [5.74, 6) is 1.76. The molecule has 3 heterocycles. The number of rotatable bonds is 9. The van der Waals surface area contributed by atoms with E-state index in [0.717, 1.165) is 17.7 Å². The Morgan fingerprint density at radius 2 is 2.03 bits per heavy atom. The summed E-state index contributed by atoms with van der Waals surface area (Å²) in [5, 5.41) is 4.87. The van der Waals surface area contributed by atoms with Crippen LogP contribution in [-0.4, -0.2) is 48.0 Å². The Kier molecular flexibility index (Phi) is 8.13. The molecule has 3 aromatic rings. The van der Waals surface area contributed by atoms with Gasteiger partial charge in [0, 0.05) is 18.0 Å². The second-order valence-electron chi connectivity index (χ2n) is 8.96. The zero-order valence-corrected chi connectivity index (χ0v) is 21.3. The molecule has 1 atom stereocenters. The highest BCUT2D eigenvalue weighted by atomic mass is 32.1. The summed E-state index contributed by atoms with van der Waals surface area (Å²) < 4.78 is 11.6. The second-order valence-corrected chi connectivity index (χ2v) is 9.96. The van der Waals surface area contributed by atoms with Crippen molar-refractivity contribution < 1.29 is 18.7 Å². The third kappa shape index (κ3) is 6.06. The van der Waals surface area contributed by atoms with E-state index in [1.807, 2.05) is 24.0 Å². The topological polar surface area (TPSA) is 75.0 Å². The largest absolute Gasteiger partial charge is 0.491 e. The smallest absolute Gasteiger partial charge is 0.318 e. The lowest BCUT2D eigenvalue weighted by Crippen LogP contribution is -2.49. The van der Waals surface area contributed by atoms with Gasteiger partial charge in [0.1, 0.15) is 24.7 Å². The summed E-state index contributed by atoms with van der Waals surface area (Å²) in [6.07, 6.45) is 2.37. The van der Waals surface area contributed by atoms with Gasteiger partial charge in [0.25, 0.3) is 0 Å². The Balaban J connectivity index is 1.49. The van der Waals surface area contributed by atoms with Crippen LogP contribution in [-0.2, 0) is 17.8 Å². The number of benzene rings is 1. The monoisotopic (exact) mass is 495 g/mol. The van der Waals surface area contributed by atoms with Crippen molar-refractivity contribution in [1.82, 2.24) is 15.1 Å². The lowest BCUT2D eigenvalue weighted by Gasteiger charge is -2.37. The standard InChI is InChI=1S/C27H33N3O4S/c1-4-28-27(32)29(16-22-6-5-14-33-22)17-26(31)30-13-11-25-23(12-15-35-25)24(30)18-34-21-9-7-20(8-10-21)19(2)3/h5-10,12,14-15,19,24H,4,11,13,16-18H2,1-3H3,(H,28,32)/t24-/m1/s1. The van der Waals surface area contributed by atoms with Crippen LogP contribution in [0.5, 0.6) is 5.75 Å². The molecule has 0 unspecified atom stereocenters. The summed E-state index contributed by atoms with van der Waals surface area (Å²) in [7, 11) is 0. The van der Waals surface area contributed by atoms with Gasteiger partial charge in [-0.15, -0.1) is 11.3 Å². The highest BCUT2D eigenvalue weighted by Gasteiger charge is 2.33. The van der Waals surface area contributed by atoms with Crippen LogP contribution in [0.25, 0.3) is 0 Å². The molecular weight excluding hydrogens is 462 g/mol. The molecule has 186 valence electrons. The number of nitrogens with zero attached hydrogens (tertiary/aromatic N) is 2. The fourth-order valence-corrected chi connectivity index (χ4v) is 5.23. The Morgan fingerprint density at radius 3 is 2.71 bits per heavy atom. The van der Waals surface area contributed by atoms with E-state index in [-0.39, 0.29) is 31.1 Å². The fraction of sp³-hybridized carbons (Fsp3) is 0.407. The van der Waals surface area contributed by atoms with Gasteiger partial charge in [0.05, 0.1) is 18.8 Å². The summed E-state index contributed by atoms with van der Waals surface area (Å²) in [6.45, 7) is 7.80. The number of carbonyl (C=O) groups is 2. The number of nitrogens with one attached hydrogen (secondary N) is 1. The molecular formula is C27H33N3O4S. The molecule has 1 aromatic carbocycles. The molecule has 0 fully saturated rings. The molecule has 8 heteroatoms. The van der Waals surface area contributed by atoms with Crippen molar-refractivity contribution >= 4 is 23.3 Å². The van der Waals surface area contributed by atoms with Crippen LogP contribution < -0.4 is 10.1 Å². The van der Waals surface area contributed by atoms with Crippen LogP contribution in [0.1, 0.15) is 54.5 Å². The van der Waals surface area contributed by atoms with Gasteiger partial charge in [-0.05, 0) is 66.1 Å². The van der Waals surface area contributed by atoms with Gasteiger partial charge in [0.2, 0.25) is 5.91 Å². The number of ether oxygens (including phenoxy) is 1. The van der Waals surface area contributed by atoms with Gasteiger partial charge < -0.3 is 24.3 Å². The number of furan rings is 1. The number of fused-ring (bicyclic) bond motifs is 1. The van der Waals surface area contributed by atoms with Gasteiger partial charge in [-0.3, -0.25) is 4.79 Å². The van der Waals surface area contributed by atoms with Gasteiger partial charge >= 0.3 is 6.03 Å². The molecule has 1 N–H and O–H groups in total. The maximum Gasteiger partial charge on any atom is 0.318 e. The van der Waals surface area contributed by atoms with Crippen molar-refractivity contribution in [2.45, 2.75) is 45.7 Å². The summed E-state index contributed by atoms with van der Waals surface area (Å²) in [6, 6.07) is 13.3. The minimum atomic E-state index is -0.288. The Bertz CT molecular complexity index is 1110. The molecule has 35 heavy (non-hydrogen) atoms. The SMILES string of the molecule is CCNC(=O)N(CC(=O)N1CCc2sccc2[C@H]1COc1ccc(C(C)C)cc1)Cc1ccco1. The molecule has 1 aliphatic heterocycles. The average molecular weight is 496 g/mol. The van der Waals surface area contributed by atoms with E-state index in [9.17, 15) is 9.59 Å². The predicted molar refractivity (Wildman–Crippen MR) is 137 cm³/mol.